The molecule has 2 atom stereocenters. The van der Waals surface area contributed by atoms with Crippen LogP contribution in [0.5, 0.6) is 0 Å². The van der Waals surface area contributed by atoms with Gasteiger partial charge in [0.1, 0.15) is 6.61 Å². The first-order valence-corrected chi connectivity index (χ1v) is 9.51. The van der Waals surface area contributed by atoms with E-state index in [2.05, 4.69) is 36.2 Å². The number of amides is 1. The molecule has 0 bridgehead atoms. The van der Waals surface area contributed by atoms with Crippen molar-refractivity contribution in [2.45, 2.75) is 25.4 Å². The number of alkyl carbamates (subject to hydrolysis) is 1. The third-order valence-electron chi connectivity index (χ3n) is 5.55. The van der Waals surface area contributed by atoms with Crippen molar-refractivity contribution in [2.24, 2.45) is 5.92 Å². The molecule has 1 N–H and O–H groups in total. The molecule has 2 aromatic carbocycles. The van der Waals surface area contributed by atoms with Crippen molar-refractivity contribution < 1.29 is 14.3 Å². The van der Waals surface area contributed by atoms with Gasteiger partial charge in [0, 0.05) is 25.0 Å². The molecule has 0 saturated carbocycles. The Labute approximate surface area is 160 Å². The van der Waals surface area contributed by atoms with Gasteiger partial charge in [0.05, 0.1) is 6.10 Å². The van der Waals surface area contributed by atoms with Gasteiger partial charge in [-0.1, -0.05) is 60.7 Å². The summed E-state index contributed by atoms with van der Waals surface area (Å²) >= 11 is 0. The predicted octanol–water partition coefficient (Wildman–Crippen LogP) is 4.51. The topological polar surface area (TPSA) is 47.6 Å². The zero-order valence-corrected chi connectivity index (χ0v) is 15.6. The molecule has 1 aliphatic carbocycles. The van der Waals surface area contributed by atoms with Gasteiger partial charge in [-0.25, -0.2) is 4.79 Å². The molecule has 1 amide bonds. The Morgan fingerprint density at radius 2 is 1.78 bits per heavy atom. The van der Waals surface area contributed by atoms with Gasteiger partial charge in [-0.05, 0) is 35.6 Å². The lowest BCUT2D eigenvalue weighted by Crippen LogP contribution is -2.34. The fraction of sp³-hybridized carbons (Fsp3) is 0.348. The summed E-state index contributed by atoms with van der Waals surface area (Å²) in [6.07, 6.45) is 0.587. The van der Waals surface area contributed by atoms with Gasteiger partial charge in [0.25, 0.3) is 0 Å². The highest BCUT2D eigenvalue weighted by Crippen LogP contribution is 2.44. The van der Waals surface area contributed by atoms with Crippen LogP contribution in [-0.2, 0) is 9.47 Å². The van der Waals surface area contributed by atoms with Crippen LogP contribution in [0.3, 0.4) is 0 Å². The monoisotopic (exact) mass is 363 g/mol. The molecule has 1 fully saturated rings. The molecule has 2 aromatic rings. The molecule has 4 heteroatoms. The highest BCUT2D eigenvalue weighted by atomic mass is 16.5. The fourth-order valence-corrected chi connectivity index (χ4v) is 4.25. The van der Waals surface area contributed by atoms with Crippen LogP contribution < -0.4 is 5.32 Å². The summed E-state index contributed by atoms with van der Waals surface area (Å²) < 4.78 is 11.3. The van der Waals surface area contributed by atoms with E-state index in [0.29, 0.717) is 19.8 Å². The van der Waals surface area contributed by atoms with Crippen LogP contribution in [0.4, 0.5) is 4.79 Å². The molecule has 0 spiro atoms. The molecular formula is C23H25NO3. The van der Waals surface area contributed by atoms with Gasteiger partial charge >= 0.3 is 6.09 Å². The van der Waals surface area contributed by atoms with E-state index < -0.39 is 0 Å². The molecule has 1 aliphatic heterocycles. The van der Waals surface area contributed by atoms with Crippen LogP contribution in [0.25, 0.3) is 11.1 Å². The van der Waals surface area contributed by atoms with Gasteiger partial charge in [0.2, 0.25) is 0 Å². The largest absolute Gasteiger partial charge is 0.449 e. The molecule has 2 unspecified atom stereocenters. The van der Waals surface area contributed by atoms with Crippen molar-refractivity contribution in [1.82, 2.24) is 5.32 Å². The van der Waals surface area contributed by atoms with Gasteiger partial charge in [0.15, 0.2) is 0 Å². The average molecular weight is 363 g/mol. The van der Waals surface area contributed by atoms with Crippen LogP contribution in [0.1, 0.15) is 30.4 Å². The summed E-state index contributed by atoms with van der Waals surface area (Å²) in [5.74, 6) is 0.351. The van der Waals surface area contributed by atoms with Crippen molar-refractivity contribution in [3.8, 4) is 11.1 Å². The smallest absolute Gasteiger partial charge is 0.407 e. The summed E-state index contributed by atoms with van der Waals surface area (Å²) in [6.45, 7) is 7.55. The lowest BCUT2D eigenvalue weighted by molar-refractivity contribution is 0.114. The zero-order valence-electron chi connectivity index (χ0n) is 15.6. The van der Waals surface area contributed by atoms with Gasteiger partial charge in [-0.2, -0.15) is 0 Å². The molecule has 1 heterocycles. The minimum absolute atomic E-state index is 0.0267. The Morgan fingerprint density at radius 3 is 2.41 bits per heavy atom. The van der Waals surface area contributed by atoms with E-state index in [4.69, 9.17) is 9.47 Å². The molecule has 0 radical (unpaired) electrons. The summed E-state index contributed by atoms with van der Waals surface area (Å²) in [7, 11) is 0. The Kier molecular flexibility index (Phi) is 4.99. The number of ether oxygens (including phenoxy) is 2. The number of hydrogen-bond acceptors (Lipinski definition) is 3. The second-order valence-corrected chi connectivity index (χ2v) is 7.39. The van der Waals surface area contributed by atoms with E-state index in [9.17, 15) is 4.79 Å². The second-order valence-electron chi connectivity index (χ2n) is 7.39. The average Bonchev–Trinajstić information content (AvgIpc) is 3.28. The minimum atomic E-state index is -0.371. The first-order valence-electron chi connectivity index (χ1n) is 9.51. The van der Waals surface area contributed by atoms with Gasteiger partial charge in [-0.15, -0.1) is 0 Å². The molecule has 0 aromatic heterocycles. The van der Waals surface area contributed by atoms with E-state index in [0.717, 1.165) is 12.0 Å². The van der Waals surface area contributed by atoms with Crippen molar-refractivity contribution in [2.75, 3.05) is 19.8 Å². The van der Waals surface area contributed by atoms with Crippen LogP contribution in [0.2, 0.25) is 0 Å². The molecule has 1 saturated heterocycles. The normalized spacial score (nSPS) is 20.8. The van der Waals surface area contributed by atoms with E-state index >= 15 is 0 Å². The highest BCUT2D eigenvalue weighted by Gasteiger charge is 2.31. The van der Waals surface area contributed by atoms with Crippen molar-refractivity contribution in [1.29, 1.82) is 0 Å². The van der Waals surface area contributed by atoms with Crippen LogP contribution >= 0.6 is 0 Å². The number of carbonyl (C=O) groups is 1. The molecule has 27 heavy (non-hydrogen) atoms. The Bertz CT molecular complexity index is 815. The number of fused-ring (bicyclic) bond motifs is 3. The quantitative estimate of drug-likeness (QED) is 0.795. The molecule has 140 valence electrons. The fourth-order valence-electron chi connectivity index (χ4n) is 4.25. The van der Waals surface area contributed by atoms with E-state index in [-0.39, 0.29) is 24.0 Å². The third kappa shape index (κ3) is 3.50. The van der Waals surface area contributed by atoms with Crippen LogP contribution in [0, 0.1) is 5.92 Å². The Morgan fingerprint density at radius 1 is 1.15 bits per heavy atom. The maximum atomic E-state index is 12.3. The predicted molar refractivity (Wildman–Crippen MR) is 106 cm³/mol. The number of benzene rings is 2. The molecular weight excluding hydrogens is 338 g/mol. The standard InChI is InChI=1S/C23H25NO3/c1-15(2)22-16(11-12-26-22)13-24-23(25)27-14-21-19-9-5-3-7-17(19)18-8-4-6-10-20(18)21/h3-10,16,21-22H,1,11-14H2,2H3,(H,24,25). The number of rotatable bonds is 5. The maximum Gasteiger partial charge on any atom is 0.407 e. The van der Waals surface area contributed by atoms with Crippen molar-refractivity contribution in [3.63, 3.8) is 0 Å². The van der Waals surface area contributed by atoms with Crippen LogP contribution in [-0.4, -0.2) is 32.0 Å². The number of carbonyl (C=O) groups excluding carboxylic acids is 1. The molecule has 4 nitrogen and oxygen atoms in total. The van der Waals surface area contributed by atoms with E-state index in [1.165, 1.54) is 22.3 Å². The van der Waals surface area contributed by atoms with Crippen molar-refractivity contribution >= 4 is 6.09 Å². The highest BCUT2D eigenvalue weighted by molar-refractivity contribution is 5.79. The first-order chi connectivity index (χ1) is 13.1. The lowest BCUT2D eigenvalue weighted by atomic mass is 9.97. The van der Waals surface area contributed by atoms with E-state index in [1.54, 1.807) is 0 Å². The summed E-state index contributed by atoms with van der Waals surface area (Å²) in [5, 5.41) is 2.90. The molecule has 2 aliphatic rings. The minimum Gasteiger partial charge on any atom is -0.449 e. The summed E-state index contributed by atoms with van der Waals surface area (Å²) in [4.78, 5) is 12.3. The van der Waals surface area contributed by atoms with E-state index in [1.807, 2.05) is 31.2 Å². The van der Waals surface area contributed by atoms with Crippen LogP contribution in [0.15, 0.2) is 60.7 Å². The number of nitrogens with one attached hydrogen (secondary N) is 1. The second kappa shape index (κ2) is 7.57. The maximum absolute atomic E-state index is 12.3. The zero-order chi connectivity index (χ0) is 18.8. The summed E-state index contributed by atoms with van der Waals surface area (Å²) in [6, 6.07) is 16.7. The first kappa shape index (κ1) is 17.8. The van der Waals surface area contributed by atoms with Gasteiger partial charge < -0.3 is 14.8 Å². The third-order valence-corrected chi connectivity index (χ3v) is 5.55. The molecule has 4 rings (SSSR count). The Hall–Kier alpha value is -2.59. The Balaban J connectivity index is 1.37. The summed E-state index contributed by atoms with van der Waals surface area (Å²) in [5.41, 5.74) is 5.91. The lowest BCUT2D eigenvalue weighted by Gasteiger charge is -2.19. The van der Waals surface area contributed by atoms with Crippen molar-refractivity contribution in [3.05, 3.63) is 71.8 Å². The number of hydrogen-bond donors (Lipinski definition) is 1. The SMILES string of the molecule is C=C(C)C1OCCC1CNC(=O)OCC1c2ccccc2-c2ccccc21. The van der Waals surface area contributed by atoms with Gasteiger partial charge in [-0.3, -0.25) is 0 Å².